The zero-order valence-electron chi connectivity index (χ0n) is 14.6. The van der Waals surface area contributed by atoms with Gasteiger partial charge in [-0.2, -0.15) is 0 Å². The molecule has 140 valence electrons. The quantitative estimate of drug-likeness (QED) is 0.700. The van der Waals surface area contributed by atoms with E-state index in [0.717, 1.165) is 0 Å². The van der Waals surface area contributed by atoms with Crippen molar-refractivity contribution in [1.29, 1.82) is 0 Å². The number of imidazole rings is 1. The maximum absolute atomic E-state index is 14.0. The van der Waals surface area contributed by atoms with Gasteiger partial charge in [0.25, 0.3) is 11.8 Å². The smallest absolute Gasteiger partial charge is 0.255 e. The van der Waals surface area contributed by atoms with Crippen molar-refractivity contribution in [3.8, 4) is 5.88 Å². The first-order valence-corrected chi connectivity index (χ1v) is 8.63. The number of nitrogens with two attached hydrogens (primary N) is 1. The van der Waals surface area contributed by atoms with Gasteiger partial charge in [-0.05, 0) is 18.6 Å². The van der Waals surface area contributed by atoms with Crippen LogP contribution in [0.1, 0.15) is 23.7 Å². The van der Waals surface area contributed by atoms with Crippen molar-refractivity contribution in [1.82, 2.24) is 19.7 Å². The summed E-state index contributed by atoms with van der Waals surface area (Å²) in [4.78, 5) is 31.8. The van der Waals surface area contributed by atoms with Crippen LogP contribution >= 0.6 is 0 Å². The number of alkyl halides is 1. The second kappa shape index (κ2) is 6.49. The lowest BCUT2D eigenvalue weighted by Crippen LogP contribution is -2.35. The number of primary amides is 1. The number of pyridine rings is 2. The van der Waals surface area contributed by atoms with E-state index in [4.69, 9.17) is 10.5 Å². The number of ether oxygens (including phenoxy) is 1. The average molecular weight is 371 g/mol. The van der Waals surface area contributed by atoms with Crippen molar-refractivity contribution in [2.45, 2.75) is 25.6 Å². The zero-order valence-corrected chi connectivity index (χ0v) is 14.6. The van der Waals surface area contributed by atoms with Crippen LogP contribution < -0.4 is 15.8 Å². The molecular weight excluding hydrogens is 353 g/mol. The van der Waals surface area contributed by atoms with Gasteiger partial charge in [-0.25, -0.2) is 14.4 Å². The Morgan fingerprint density at radius 2 is 2.22 bits per heavy atom. The Labute approximate surface area is 153 Å². The van der Waals surface area contributed by atoms with Gasteiger partial charge < -0.3 is 15.8 Å². The topological polar surface area (TPSA) is 112 Å². The first-order chi connectivity index (χ1) is 13.0. The highest BCUT2D eigenvalue weighted by molar-refractivity contribution is 6.03. The summed E-state index contributed by atoms with van der Waals surface area (Å²) >= 11 is 0. The largest absolute Gasteiger partial charge is 0.474 e. The van der Waals surface area contributed by atoms with Crippen LogP contribution in [0.25, 0.3) is 16.6 Å². The number of carbonyl (C=O) groups is 2. The molecule has 2 amide bonds. The molecule has 4 heterocycles. The molecule has 0 unspecified atom stereocenters. The molecule has 0 aromatic carbocycles. The van der Waals surface area contributed by atoms with E-state index in [1.165, 1.54) is 0 Å². The number of amides is 2. The molecule has 27 heavy (non-hydrogen) atoms. The first kappa shape index (κ1) is 17.2. The van der Waals surface area contributed by atoms with Gasteiger partial charge in [0.1, 0.15) is 17.8 Å². The number of aromatic nitrogens is 3. The standard InChI is InChI=1S/C18H18FN5O3/c1-2-10-12(23-17(26)13(10)19)8-27-18-14-9(3-4-22-18)7-11(15(20)25)16-21-5-6-24(14)16/h3-7,10,12-13H,2,8H2,1H3,(H2,20,25)(H,23,26)/t10-,12+,13-/m0/s1. The van der Waals surface area contributed by atoms with E-state index in [-0.39, 0.29) is 6.61 Å². The fourth-order valence-electron chi connectivity index (χ4n) is 3.59. The summed E-state index contributed by atoms with van der Waals surface area (Å²) in [7, 11) is 0. The summed E-state index contributed by atoms with van der Waals surface area (Å²) in [5.41, 5.74) is 6.76. The Hall–Kier alpha value is -3.23. The second-order valence-electron chi connectivity index (χ2n) is 6.50. The minimum absolute atomic E-state index is 0.0878. The van der Waals surface area contributed by atoms with Crippen LogP contribution in [0, 0.1) is 5.92 Å². The van der Waals surface area contributed by atoms with Gasteiger partial charge in [0.2, 0.25) is 5.88 Å². The van der Waals surface area contributed by atoms with Crippen molar-refractivity contribution >= 4 is 28.4 Å². The lowest BCUT2D eigenvalue weighted by molar-refractivity contribution is -0.123. The number of halogens is 1. The molecule has 0 aliphatic carbocycles. The van der Waals surface area contributed by atoms with Crippen LogP contribution in [0.15, 0.2) is 30.7 Å². The van der Waals surface area contributed by atoms with Gasteiger partial charge >= 0.3 is 0 Å². The minimum Gasteiger partial charge on any atom is -0.474 e. The molecule has 3 atom stereocenters. The fraction of sp³-hybridized carbons (Fsp3) is 0.333. The molecule has 1 saturated heterocycles. The normalized spacial score (nSPS) is 22.3. The zero-order chi connectivity index (χ0) is 19.1. The first-order valence-electron chi connectivity index (χ1n) is 8.63. The van der Waals surface area contributed by atoms with Crippen LogP contribution in [0.2, 0.25) is 0 Å². The molecule has 3 aromatic rings. The number of hydrogen-bond donors (Lipinski definition) is 2. The number of rotatable bonds is 5. The van der Waals surface area contributed by atoms with Gasteiger partial charge in [0, 0.05) is 29.9 Å². The lowest BCUT2D eigenvalue weighted by Gasteiger charge is -2.19. The maximum Gasteiger partial charge on any atom is 0.255 e. The molecular formula is C18H18FN5O3. The molecule has 0 saturated carbocycles. The van der Waals surface area contributed by atoms with Gasteiger partial charge in [-0.15, -0.1) is 0 Å². The van der Waals surface area contributed by atoms with Gasteiger partial charge in [0.15, 0.2) is 6.17 Å². The summed E-state index contributed by atoms with van der Waals surface area (Å²) in [6.45, 7) is 1.92. The molecule has 4 rings (SSSR count). The number of carbonyl (C=O) groups excluding carboxylic acids is 2. The molecule has 0 bridgehead atoms. The Bertz CT molecular complexity index is 1050. The van der Waals surface area contributed by atoms with Crippen molar-refractivity contribution in [3.05, 3.63) is 36.3 Å². The Kier molecular flexibility index (Phi) is 4.14. The molecule has 9 heteroatoms. The molecule has 0 radical (unpaired) electrons. The van der Waals surface area contributed by atoms with Crippen molar-refractivity contribution < 1.29 is 18.7 Å². The van der Waals surface area contributed by atoms with Crippen LogP contribution in [0.3, 0.4) is 0 Å². The van der Waals surface area contributed by atoms with Crippen molar-refractivity contribution in [2.75, 3.05) is 6.61 Å². The summed E-state index contributed by atoms with van der Waals surface area (Å²) < 4.78 is 21.5. The minimum atomic E-state index is -1.53. The van der Waals surface area contributed by atoms with E-state index in [0.29, 0.717) is 34.4 Å². The van der Waals surface area contributed by atoms with Crippen LogP contribution in [-0.2, 0) is 4.79 Å². The predicted octanol–water partition coefficient (Wildman–Crippen LogP) is 1.22. The molecule has 8 nitrogen and oxygen atoms in total. The van der Waals surface area contributed by atoms with Crippen LogP contribution in [-0.4, -0.2) is 45.0 Å². The van der Waals surface area contributed by atoms with Crippen molar-refractivity contribution in [3.63, 3.8) is 0 Å². The number of fused-ring (bicyclic) bond motifs is 3. The number of hydrogen-bond acceptors (Lipinski definition) is 5. The van der Waals surface area contributed by atoms with Gasteiger partial charge in [0.05, 0.1) is 11.6 Å². The summed E-state index contributed by atoms with van der Waals surface area (Å²) in [6.07, 6.45) is 3.78. The average Bonchev–Trinajstić information content (AvgIpc) is 3.24. The third-order valence-electron chi connectivity index (χ3n) is 4.95. The Morgan fingerprint density at radius 1 is 1.41 bits per heavy atom. The summed E-state index contributed by atoms with van der Waals surface area (Å²) in [6, 6.07) is 2.94. The summed E-state index contributed by atoms with van der Waals surface area (Å²) in [5.74, 6) is -1.33. The maximum atomic E-state index is 14.0. The molecule has 1 aliphatic heterocycles. The molecule has 1 fully saturated rings. The van der Waals surface area contributed by atoms with E-state index < -0.39 is 29.9 Å². The highest BCUT2D eigenvalue weighted by Gasteiger charge is 2.41. The molecule has 1 aliphatic rings. The fourth-order valence-corrected chi connectivity index (χ4v) is 3.59. The van der Waals surface area contributed by atoms with E-state index in [9.17, 15) is 14.0 Å². The second-order valence-corrected chi connectivity index (χ2v) is 6.50. The number of nitrogens with one attached hydrogen (secondary N) is 1. The van der Waals surface area contributed by atoms with E-state index in [1.54, 1.807) is 35.1 Å². The SMILES string of the molecule is CC[C@@H]1[C@H](F)C(=O)N[C@@H]1COc1nccc2cc(C(N)=O)c3nccn3c12. The lowest BCUT2D eigenvalue weighted by atomic mass is 9.97. The van der Waals surface area contributed by atoms with Crippen molar-refractivity contribution in [2.24, 2.45) is 11.7 Å². The van der Waals surface area contributed by atoms with E-state index in [2.05, 4.69) is 15.3 Å². The van der Waals surface area contributed by atoms with E-state index in [1.807, 2.05) is 6.92 Å². The van der Waals surface area contributed by atoms with Gasteiger partial charge in [-0.1, -0.05) is 6.92 Å². The predicted molar refractivity (Wildman–Crippen MR) is 95.1 cm³/mol. The monoisotopic (exact) mass is 371 g/mol. The highest BCUT2D eigenvalue weighted by Crippen LogP contribution is 2.28. The third-order valence-corrected chi connectivity index (χ3v) is 4.95. The number of nitrogens with zero attached hydrogens (tertiary/aromatic N) is 3. The molecule has 0 spiro atoms. The summed E-state index contributed by atoms with van der Waals surface area (Å²) in [5, 5.41) is 3.33. The van der Waals surface area contributed by atoms with E-state index >= 15 is 0 Å². The third kappa shape index (κ3) is 2.75. The van der Waals surface area contributed by atoms with Gasteiger partial charge in [-0.3, -0.25) is 14.0 Å². The Morgan fingerprint density at radius 3 is 2.96 bits per heavy atom. The van der Waals surface area contributed by atoms with Crippen LogP contribution in [0.5, 0.6) is 5.88 Å². The van der Waals surface area contributed by atoms with Crippen LogP contribution in [0.4, 0.5) is 4.39 Å². The highest BCUT2D eigenvalue weighted by atomic mass is 19.1. The molecule has 3 N–H and O–H groups in total. The molecule has 3 aromatic heterocycles. The Balaban J connectivity index is 1.72.